The molecule has 0 bridgehead atoms. The zero-order valence-corrected chi connectivity index (χ0v) is 12.7. The molecule has 1 aromatic carbocycles. The third-order valence-corrected chi connectivity index (χ3v) is 5.39. The molecule has 2 rings (SSSR count). The molecule has 0 aromatic heterocycles. The average Bonchev–Trinajstić information content (AvgIpc) is 3.08. The van der Waals surface area contributed by atoms with Crippen molar-refractivity contribution in [2.24, 2.45) is 5.92 Å². The molecule has 6 heteroatoms. The summed E-state index contributed by atoms with van der Waals surface area (Å²) in [5.41, 5.74) is 6.67. The molecule has 0 heterocycles. The number of hydrogen-bond acceptors (Lipinski definition) is 3. The number of sulfonamides is 1. The van der Waals surface area contributed by atoms with Crippen LogP contribution in [0.5, 0.6) is 0 Å². The Hall–Kier alpha value is -0.780. The number of benzene rings is 1. The van der Waals surface area contributed by atoms with Gasteiger partial charge in [-0.1, -0.05) is 24.4 Å². The van der Waals surface area contributed by atoms with Gasteiger partial charge >= 0.3 is 0 Å². The smallest absolute Gasteiger partial charge is 0.240 e. The number of hydrogen-bond donors (Lipinski definition) is 2. The van der Waals surface area contributed by atoms with Crippen LogP contribution in [0.4, 0.5) is 5.69 Å². The van der Waals surface area contributed by atoms with Crippen molar-refractivity contribution in [1.82, 2.24) is 4.72 Å². The zero-order valence-electron chi connectivity index (χ0n) is 11.1. The summed E-state index contributed by atoms with van der Waals surface area (Å²) in [4.78, 5) is 0.176. The lowest BCUT2D eigenvalue weighted by atomic mass is 10.2. The van der Waals surface area contributed by atoms with Crippen molar-refractivity contribution in [2.45, 2.75) is 44.0 Å². The molecule has 0 radical (unpaired) electrons. The standard InChI is InChI=1S/C13H19ClN2O2S/c1-8-5-11(7-12(15)13(8)14)19(17,18)16-9(2)6-10-3-4-10/h5,7,9-10,16H,3-4,6,15H2,1-2H3. The van der Waals surface area contributed by atoms with Gasteiger partial charge in [0.05, 0.1) is 15.6 Å². The molecule has 1 aliphatic rings. The van der Waals surface area contributed by atoms with Crippen LogP contribution in [-0.2, 0) is 10.0 Å². The van der Waals surface area contributed by atoms with E-state index < -0.39 is 10.0 Å². The predicted molar refractivity (Wildman–Crippen MR) is 77.7 cm³/mol. The van der Waals surface area contributed by atoms with Gasteiger partial charge < -0.3 is 5.73 Å². The van der Waals surface area contributed by atoms with E-state index in [4.69, 9.17) is 17.3 Å². The first kappa shape index (κ1) is 14.6. The number of nitrogens with one attached hydrogen (secondary N) is 1. The Bertz CT molecular complexity index is 559. The average molecular weight is 303 g/mol. The van der Waals surface area contributed by atoms with Crippen molar-refractivity contribution >= 4 is 27.3 Å². The van der Waals surface area contributed by atoms with Crippen molar-refractivity contribution in [2.75, 3.05) is 5.73 Å². The molecule has 106 valence electrons. The summed E-state index contributed by atoms with van der Waals surface area (Å²) in [6.45, 7) is 3.63. The summed E-state index contributed by atoms with van der Waals surface area (Å²) in [6, 6.07) is 2.89. The molecule has 0 spiro atoms. The molecular formula is C13H19ClN2O2S. The Balaban J connectivity index is 2.18. The normalized spacial score (nSPS) is 17.4. The minimum Gasteiger partial charge on any atom is -0.397 e. The highest BCUT2D eigenvalue weighted by Gasteiger charge is 2.26. The van der Waals surface area contributed by atoms with Gasteiger partial charge in [0.2, 0.25) is 10.0 Å². The second-order valence-electron chi connectivity index (χ2n) is 5.34. The monoisotopic (exact) mass is 302 g/mol. The van der Waals surface area contributed by atoms with Crippen LogP contribution >= 0.6 is 11.6 Å². The van der Waals surface area contributed by atoms with Crippen LogP contribution in [-0.4, -0.2) is 14.5 Å². The van der Waals surface area contributed by atoms with E-state index >= 15 is 0 Å². The molecule has 0 amide bonds. The number of nitrogens with two attached hydrogens (primary N) is 1. The second kappa shape index (κ2) is 5.31. The number of nitrogen functional groups attached to an aromatic ring is 1. The highest BCUT2D eigenvalue weighted by atomic mass is 35.5. The first-order valence-electron chi connectivity index (χ1n) is 6.37. The third kappa shape index (κ3) is 3.61. The largest absolute Gasteiger partial charge is 0.397 e. The fraction of sp³-hybridized carbons (Fsp3) is 0.538. The molecule has 4 nitrogen and oxygen atoms in total. The number of anilines is 1. The summed E-state index contributed by atoms with van der Waals surface area (Å²) in [6.07, 6.45) is 3.30. The first-order chi connectivity index (χ1) is 8.79. The van der Waals surface area contributed by atoms with E-state index in [-0.39, 0.29) is 16.6 Å². The van der Waals surface area contributed by atoms with Gasteiger partial charge in [0, 0.05) is 6.04 Å². The predicted octanol–water partition coefficient (Wildman–Crippen LogP) is 2.70. The molecule has 3 N–H and O–H groups in total. The van der Waals surface area contributed by atoms with Crippen LogP contribution < -0.4 is 10.5 Å². The Labute approximate surface area is 119 Å². The number of halogens is 1. The van der Waals surface area contributed by atoms with E-state index in [0.717, 1.165) is 6.42 Å². The van der Waals surface area contributed by atoms with Crippen molar-refractivity contribution < 1.29 is 8.42 Å². The zero-order chi connectivity index (χ0) is 14.2. The van der Waals surface area contributed by atoms with E-state index in [1.165, 1.54) is 18.9 Å². The molecule has 1 atom stereocenters. The summed E-state index contributed by atoms with van der Waals surface area (Å²) in [5, 5.41) is 0.407. The Kier molecular flexibility index (Phi) is 4.08. The molecule has 1 unspecified atom stereocenters. The maximum Gasteiger partial charge on any atom is 0.240 e. The van der Waals surface area contributed by atoms with Crippen LogP contribution in [0.3, 0.4) is 0 Å². The topological polar surface area (TPSA) is 72.2 Å². The van der Waals surface area contributed by atoms with Crippen molar-refractivity contribution in [3.05, 3.63) is 22.7 Å². The van der Waals surface area contributed by atoms with E-state index in [2.05, 4.69) is 4.72 Å². The van der Waals surface area contributed by atoms with E-state index in [1.54, 1.807) is 13.0 Å². The molecule has 0 saturated heterocycles. The van der Waals surface area contributed by atoms with Crippen LogP contribution in [0.25, 0.3) is 0 Å². The SMILES string of the molecule is Cc1cc(S(=O)(=O)NC(C)CC2CC2)cc(N)c1Cl. The minimum absolute atomic E-state index is 0.0605. The molecular weight excluding hydrogens is 284 g/mol. The quantitative estimate of drug-likeness (QED) is 0.821. The van der Waals surface area contributed by atoms with Gasteiger partial charge in [0.1, 0.15) is 0 Å². The first-order valence-corrected chi connectivity index (χ1v) is 8.23. The fourth-order valence-corrected chi connectivity index (χ4v) is 3.64. The van der Waals surface area contributed by atoms with Crippen molar-refractivity contribution in [1.29, 1.82) is 0 Å². The van der Waals surface area contributed by atoms with Gasteiger partial charge in [-0.15, -0.1) is 0 Å². The lowest BCUT2D eigenvalue weighted by Gasteiger charge is -2.15. The second-order valence-corrected chi connectivity index (χ2v) is 7.44. The molecule has 1 aromatic rings. The minimum atomic E-state index is -3.53. The summed E-state index contributed by atoms with van der Waals surface area (Å²) >= 11 is 5.94. The molecule has 1 aliphatic carbocycles. The van der Waals surface area contributed by atoms with Crippen molar-refractivity contribution in [3.63, 3.8) is 0 Å². The molecule has 0 aliphatic heterocycles. The van der Waals surface area contributed by atoms with E-state index in [0.29, 0.717) is 16.5 Å². The summed E-state index contributed by atoms with van der Waals surface area (Å²) in [5.74, 6) is 0.676. The summed E-state index contributed by atoms with van der Waals surface area (Å²) in [7, 11) is -3.53. The number of rotatable bonds is 5. The van der Waals surface area contributed by atoms with Gasteiger partial charge in [-0.05, 0) is 43.9 Å². The van der Waals surface area contributed by atoms with Gasteiger partial charge in [0.15, 0.2) is 0 Å². The third-order valence-electron chi connectivity index (χ3n) is 3.31. The summed E-state index contributed by atoms with van der Waals surface area (Å²) < 4.78 is 27.2. The van der Waals surface area contributed by atoms with Gasteiger partial charge in [-0.25, -0.2) is 13.1 Å². The fourth-order valence-electron chi connectivity index (χ4n) is 2.15. The lowest BCUT2D eigenvalue weighted by molar-refractivity contribution is 0.530. The van der Waals surface area contributed by atoms with Crippen LogP contribution in [0.15, 0.2) is 17.0 Å². The highest BCUT2D eigenvalue weighted by molar-refractivity contribution is 7.89. The molecule has 1 saturated carbocycles. The highest BCUT2D eigenvalue weighted by Crippen LogP contribution is 2.34. The lowest BCUT2D eigenvalue weighted by Crippen LogP contribution is -2.33. The van der Waals surface area contributed by atoms with Crippen LogP contribution in [0.2, 0.25) is 5.02 Å². The van der Waals surface area contributed by atoms with E-state index in [1.807, 2.05) is 6.92 Å². The Morgan fingerprint density at radius 3 is 2.63 bits per heavy atom. The molecule has 19 heavy (non-hydrogen) atoms. The van der Waals surface area contributed by atoms with E-state index in [9.17, 15) is 8.42 Å². The van der Waals surface area contributed by atoms with Crippen LogP contribution in [0.1, 0.15) is 31.7 Å². The van der Waals surface area contributed by atoms with Gasteiger partial charge in [-0.2, -0.15) is 0 Å². The molecule has 1 fully saturated rings. The maximum absolute atomic E-state index is 12.3. The Morgan fingerprint density at radius 2 is 2.11 bits per heavy atom. The van der Waals surface area contributed by atoms with Gasteiger partial charge in [0.25, 0.3) is 0 Å². The maximum atomic E-state index is 12.3. The Morgan fingerprint density at radius 1 is 1.47 bits per heavy atom. The van der Waals surface area contributed by atoms with Crippen molar-refractivity contribution in [3.8, 4) is 0 Å². The number of aryl methyl sites for hydroxylation is 1. The van der Waals surface area contributed by atoms with Crippen LogP contribution in [0, 0.1) is 12.8 Å². The van der Waals surface area contributed by atoms with Gasteiger partial charge in [-0.3, -0.25) is 0 Å².